The average molecular weight is 1660 g/mol. The molecular formula is C61H77F3N24O19P4S. The standard InChI is InChI=1S/C61H77F3N24O19P4S/c1-31-9-34(11-35(10-31)61(62,63)64)57(91)80-14-36(103-43(18-80)84-8-7-41(65)76-59(84)92)22-98-108(4,94)81-15-37(104-44(19-81)86-28-73-47-50(66)69-26-71-52(47)86)23-99-109(5,95)82-16-38(105-46(21-82)88-30-75-49-54(88)77-58(68)78-56(49)90)24-100-110(6,96)83-17-39(106-45(20-83)87-29-74-48-51(67)70-27-72-53(48)87)25-101-111(97,112)107-40-12-42(102-33(40)3)85-13-32(2)55(89)79-60(85)93/h7-11,13,26-30,33,36-40,42-46H,12,14-25H2,1-6H3,(H,97,112)(H2,65,76,92)(H2,66,69,71)(H2,67,70,72)(H,79,89,93)(H3,68,77,78,90)/t33-,36?,37?,38+,39+,40?,42-,43-,44-,45-,46-,108+,109+,110+,111?/m1/s1/i3D. The number of morpholine rings is 4. The molecule has 5 aliphatic heterocycles. The Hall–Kier alpha value is -8.53. The summed E-state index contributed by atoms with van der Waals surface area (Å²) in [5.41, 5.74) is 21.0. The first kappa shape index (κ1) is 78.7. The number of hydrogen-bond donors (Lipinski definition) is 7. The second kappa shape index (κ2) is 31.3. The number of hydrogen-bond acceptors (Lipinski definition) is 32. The Balaban J connectivity index is 0.700. The van der Waals surface area contributed by atoms with E-state index in [2.05, 4.69) is 54.8 Å². The van der Waals surface area contributed by atoms with E-state index in [0.717, 1.165) is 21.3 Å². The van der Waals surface area contributed by atoms with Crippen LogP contribution in [0.5, 0.6) is 0 Å². The third-order valence-corrected chi connectivity index (χ3v) is 26.7. The molecule has 0 radical (unpaired) electrons. The van der Waals surface area contributed by atoms with Crippen molar-refractivity contribution >= 4 is 104 Å². The van der Waals surface area contributed by atoms with Crippen molar-refractivity contribution in [1.29, 1.82) is 0 Å². The molecule has 0 saturated carbocycles. The minimum Gasteiger partial charge on any atom is -0.383 e. The maximum atomic E-state index is 15.6. The zero-order chi connectivity index (χ0) is 80.5. The number of alkyl halides is 3. The molecular weight excluding hydrogens is 1590 g/mol. The summed E-state index contributed by atoms with van der Waals surface area (Å²) in [7, 11) is -12.4. The third kappa shape index (κ3) is 17.1. The topological polar surface area (TPSA) is 538 Å². The monoisotopic (exact) mass is 1660 g/mol. The van der Waals surface area contributed by atoms with E-state index in [0.29, 0.717) is 0 Å². The molecule has 112 heavy (non-hydrogen) atoms. The number of benzene rings is 1. The van der Waals surface area contributed by atoms with E-state index in [1.807, 2.05) is 0 Å². The molecule has 14 rings (SSSR count). The van der Waals surface area contributed by atoms with Gasteiger partial charge in [-0.2, -0.15) is 23.1 Å². The Morgan fingerprint density at radius 1 is 0.616 bits per heavy atom. The molecule has 5 aliphatic rings. The fraction of sp³-hybridized carbons (Fsp3) is 0.508. The molecule has 11 N–H and O–H groups in total. The number of halogens is 3. The van der Waals surface area contributed by atoms with Gasteiger partial charge in [0.25, 0.3) is 39.6 Å². The molecule has 9 aromatic rings. The molecule has 0 bridgehead atoms. The second-order valence-electron chi connectivity index (χ2n) is 27.3. The van der Waals surface area contributed by atoms with Crippen molar-refractivity contribution in [2.45, 2.75) is 101 Å². The van der Waals surface area contributed by atoms with Crippen LogP contribution in [0.1, 0.15) is 72.9 Å². The zero-order valence-corrected chi connectivity index (χ0v) is 64.5. The number of imidazole rings is 3. The lowest BCUT2D eigenvalue weighted by atomic mass is 10.0. The summed E-state index contributed by atoms with van der Waals surface area (Å²) in [6.07, 6.45) is -8.20. The number of rotatable bonds is 23. The number of aromatic amines is 2. The number of carbonyl (C=O) groups is 1. The number of aryl methyl sites for hydroxylation is 2. The maximum absolute atomic E-state index is 15.6. The molecule has 51 heteroatoms. The minimum atomic E-state index is -4.80. The van der Waals surface area contributed by atoms with Gasteiger partial charge in [-0.3, -0.25) is 60.9 Å². The molecule has 8 aromatic heterocycles. The van der Waals surface area contributed by atoms with Crippen LogP contribution in [0.15, 0.2) is 87.5 Å². The number of nitrogens with two attached hydrogens (primary N) is 4. The number of nitrogens with zero attached hydrogens (tertiary/aromatic N) is 18. The summed E-state index contributed by atoms with van der Waals surface area (Å²) in [6.45, 7) is -1.77. The van der Waals surface area contributed by atoms with E-state index in [9.17, 15) is 42.0 Å². The molecule has 15 atom stereocenters. The van der Waals surface area contributed by atoms with Crippen LogP contribution in [-0.2, 0) is 78.0 Å². The van der Waals surface area contributed by atoms with Gasteiger partial charge in [-0.1, -0.05) is 0 Å². The highest BCUT2D eigenvalue weighted by atomic mass is 32.5. The lowest BCUT2D eigenvalue weighted by Gasteiger charge is -2.43. The molecule has 5 fully saturated rings. The summed E-state index contributed by atoms with van der Waals surface area (Å²) in [6, 6.07) is 4.21. The Morgan fingerprint density at radius 2 is 1.12 bits per heavy atom. The molecule has 13 heterocycles. The number of nitrogens with one attached hydrogen (secondary N) is 2. The van der Waals surface area contributed by atoms with Crippen molar-refractivity contribution in [1.82, 2.24) is 96.6 Å². The Bertz CT molecular complexity index is 5590. The average Bonchev–Trinajstić information content (AvgIpc) is 1.70. The predicted molar refractivity (Wildman–Crippen MR) is 393 cm³/mol. The first-order valence-corrected chi connectivity index (χ1v) is 43.0. The van der Waals surface area contributed by atoms with Crippen LogP contribution in [0.25, 0.3) is 33.5 Å². The summed E-state index contributed by atoms with van der Waals surface area (Å²) in [5.74, 6) is -1.17. The predicted octanol–water partition coefficient (Wildman–Crippen LogP) is 2.65. The number of amides is 1. The molecule has 43 nitrogen and oxygen atoms in total. The summed E-state index contributed by atoms with van der Waals surface area (Å²) in [4.78, 5) is 121. The number of carbonyl (C=O) groups excluding carboxylic acids is 1. The maximum Gasteiger partial charge on any atom is 0.416 e. The van der Waals surface area contributed by atoms with E-state index < -0.39 is 164 Å². The number of ether oxygens (including phenoxy) is 5. The third-order valence-electron chi connectivity index (χ3n) is 19.2. The molecule has 4 unspecified atom stereocenters. The first-order chi connectivity index (χ1) is 53.5. The van der Waals surface area contributed by atoms with E-state index in [1.165, 1.54) is 123 Å². The summed E-state index contributed by atoms with van der Waals surface area (Å²) < 4.78 is 171. The van der Waals surface area contributed by atoms with Crippen LogP contribution >= 0.6 is 29.3 Å². The zero-order valence-electron chi connectivity index (χ0n) is 61.1. The van der Waals surface area contributed by atoms with Gasteiger partial charge < -0.3 is 79.0 Å². The van der Waals surface area contributed by atoms with Crippen molar-refractivity contribution in [3.63, 3.8) is 0 Å². The fourth-order valence-electron chi connectivity index (χ4n) is 13.5. The quantitative estimate of drug-likeness (QED) is 0.0453. The highest BCUT2D eigenvalue weighted by Crippen LogP contribution is 2.55. The van der Waals surface area contributed by atoms with Gasteiger partial charge in [0.15, 0.2) is 40.3 Å². The van der Waals surface area contributed by atoms with Crippen molar-refractivity contribution in [3.8, 4) is 0 Å². The smallest absolute Gasteiger partial charge is 0.383 e. The summed E-state index contributed by atoms with van der Waals surface area (Å²) in [5, 5.41) is 0. The lowest BCUT2D eigenvalue weighted by Crippen LogP contribution is -2.51. The van der Waals surface area contributed by atoms with E-state index in [4.69, 9.17) is 82.4 Å². The van der Waals surface area contributed by atoms with E-state index >= 15 is 13.7 Å². The highest BCUT2D eigenvalue weighted by molar-refractivity contribution is 8.07. The van der Waals surface area contributed by atoms with Gasteiger partial charge in [0.1, 0.15) is 60.5 Å². The van der Waals surface area contributed by atoms with Crippen molar-refractivity contribution in [2.75, 3.05) is 122 Å². The molecule has 0 spiro atoms. The van der Waals surface area contributed by atoms with Gasteiger partial charge in [0.05, 0.1) is 108 Å². The molecule has 602 valence electrons. The van der Waals surface area contributed by atoms with E-state index in [-0.39, 0.29) is 139 Å². The van der Waals surface area contributed by atoms with Gasteiger partial charge in [0, 0.05) is 77.5 Å². The van der Waals surface area contributed by atoms with Crippen molar-refractivity contribution < 1.29 is 84.2 Å². The normalized spacial score (nSPS) is 26.2. The van der Waals surface area contributed by atoms with Crippen LogP contribution < -0.4 is 45.4 Å². The van der Waals surface area contributed by atoms with Gasteiger partial charge in [0.2, 0.25) is 5.95 Å². The highest BCUT2D eigenvalue weighted by Gasteiger charge is 2.47. The lowest BCUT2D eigenvalue weighted by molar-refractivity contribution is -0.137. The van der Waals surface area contributed by atoms with Crippen molar-refractivity contribution in [2.24, 2.45) is 0 Å². The molecule has 1 aromatic carbocycles. The van der Waals surface area contributed by atoms with Crippen LogP contribution in [0.3, 0.4) is 0 Å². The fourth-order valence-corrected chi connectivity index (χ4v) is 19.6. The number of anilines is 4. The van der Waals surface area contributed by atoms with Gasteiger partial charge in [-0.05, 0) is 62.4 Å². The molecule has 0 aliphatic carbocycles. The van der Waals surface area contributed by atoms with Gasteiger partial charge in [-0.25, -0.2) is 58.5 Å². The van der Waals surface area contributed by atoms with Gasteiger partial charge in [-0.15, -0.1) is 0 Å². The molecule has 5 saturated heterocycles. The second-order valence-corrected chi connectivity index (χ2v) is 37.4. The number of nitrogen functional groups attached to an aromatic ring is 4. The Kier molecular flexibility index (Phi) is 22.0. The van der Waals surface area contributed by atoms with Crippen LogP contribution in [0.4, 0.5) is 36.6 Å². The van der Waals surface area contributed by atoms with Crippen LogP contribution in [-0.4, -0.2) is 243 Å². The van der Waals surface area contributed by atoms with Gasteiger partial charge >= 0.3 is 24.3 Å². The van der Waals surface area contributed by atoms with Crippen LogP contribution in [0.2, 0.25) is 0 Å². The van der Waals surface area contributed by atoms with Crippen molar-refractivity contribution in [3.05, 3.63) is 132 Å². The Labute approximate surface area is 637 Å². The number of H-pyrrole nitrogens is 2. The largest absolute Gasteiger partial charge is 0.416 e. The SMILES string of the molecule is [2H]C[C@H]1O[C@@H](n2cc(C)c(=O)[nH]c2=O)CC1OP(O)(=S)OC[C@@H]1CN([P@@](C)(=O)OC[C@@H]2CN([P@@](C)(=O)OCC3CN([P@@](C)(=O)OCC4CN(C(=O)c5cc(C)cc(C(F)(F)F)c5)C[C@H](n5ccc(N)nc5=O)O4)C[C@H](n4cnc5c(N)ncnc54)O3)C[C@H](n3cnc4c(=O)[nH]c(N)nc43)O2)C[C@H](n2cnc3c(N)ncnc32)O1. The summed E-state index contributed by atoms with van der Waals surface area (Å²) >= 11 is 5.51. The van der Waals surface area contributed by atoms with Crippen LogP contribution in [0, 0.1) is 13.8 Å². The first-order valence-electron chi connectivity index (χ1n) is 35.1. The Morgan fingerprint density at radius 3 is 1.63 bits per heavy atom. The number of aromatic nitrogens is 16. The minimum absolute atomic E-state index is 0.0254. The van der Waals surface area contributed by atoms with E-state index in [1.54, 1.807) is 0 Å². The molecule has 1 amide bonds. The number of fused-ring (bicyclic) bond motifs is 3.